The van der Waals surface area contributed by atoms with Gasteiger partial charge in [0.2, 0.25) is 0 Å². The zero-order valence-electron chi connectivity index (χ0n) is 14.1. The maximum atomic E-state index is 5.35. The van der Waals surface area contributed by atoms with E-state index in [0.29, 0.717) is 12.1 Å². The Hall–Kier alpha value is -0.900. The van der Waals surface area contributed by atoms with Gasteiger partial charge in [0.25, 0.3) is 0 Å². The summed E-state index contributed by atoms with van der Waals surface area (Å²) in [6, 6.07) is 0.847. The van der Waals surface area contributed by atoms with E-state index in [1.54, 1.807) is 7.11 Å². The summed E-state index contributed by atoms with van der Waals surface area (Å²) in [6.45, 7) is 16.7. The Morgan fingerprint density at radius 1 is 1.05 bits per heavy atom. The summed E-state index contributed by atoms with van der Waals surface area (Å²) in [5.74, 6) is 1.09. The molecule has 0 aliphatic heterocycles. The zero-order valence-corrected chi connectivity index (χ0v) is 14.1. The third kappa shape index (κ3) is 6.71. The summed E-state index contributed by atoms with van der Waals surface area (Å²) in [4.78, 5) is 11.4. The first-order chi connectivity index (χ1) is 8.60. The Bertz CT molecular complexity index is 309. The zero-order chi connectivity index (χ0) is 15.2. The van der Waals surface area contributed by atoms with Crippen LogP contribution in [0.1, 0.15) is 55.4 Å². The molecule has 0 saturated heterocycles. The van der Waals surface area contributed by atoms with Gasteiger partial charge in [0.15, 0.2) is 5.72 Å². The van der Waals surface area contributed by atoms with E-state index in [2.05, 4.69) is 56.4 Å². The van der Waals surface area contributed by atoms with Crippen LogP contribution in [-0.2, 0) is 4.74 Å². The Balaban J connectivity index is 5.14. The van der Waals surface area contributed by atoms with E-state index in [1.807, 2.05) is 20.2 Å². The topological polar surface area (TPSA) is 37.2 Å². The third-order valence-corrected chi connectivity index (χ3v) is 2.92. The quantitative estimate of drug-likeness (QED) is 0.546. The van der Waals surface area contributed by atoms with E-state index in [1.165, 1.54) is 0 Å². The van der Waals surface area contributed by atoms with Crippen LogP contribution in [0.25, 0.3) is 0 Å². The molecule has 0 heterocycles. The second-order valence-corrected chi connectivity index (χ2v) is 6.15. The minimum absolute atomic E-state index is 0.270. The molecule has 0 spiro atoms. The SMILES string of the molecule is COC(C)(C)/N=C(/N=CN(C(C)C)C(C)C)C(C)C. The van der Waals surface area contributed by atoms with E-state index in [9.17, 15) is 0 Å². The van der Waals surface area contributed by atoms with Crippen LogP contribution in [0.15, 0.2) is 9.98 Å². The number of hydrogen-bond acceptors (Lipinski definition) is 2. The molecule has 0 bridgehead atoms. The van der Waals surface area contributed by atoms with Gasteiger partial charge < -0.3 is 9.64 Å². The number of rotatable bonds is 6. The number of aliphatic imine (C=N–C) groups is 2. The van der Waals surface area contributed by atoms with E-state index < -0.39 is 5.72 Å². The van der Waals surface area contributed by atoms with Gasteiger partial charge >= 0.3 is 0 Å². The Morgan fingerprint density at radius 3 is 1.84 bits per heavy atom. The fourth-order valence-electron chi connectivity index (χ4n) is 1.62. The summed E-state index contributed by atoms with van der Waals surface area (Å²) >= 11 is 0. The van der Waals surface area contributed by atoms with E-state index in [4.69, 9.17) is 4.74 Å². The van der Waals surface area contributed by atoms with Gasteiger partial charge in [-0.1, -0.05) is 13.8 Å². The van der Waals surface area contributed by atoms with Crippen LogP contribution in [0, 0.1) is 5.92 Å². The summed E-state index contributed by atoms with van der Waals surface area (Å²) < 4.78 is 5.35. The number of nitrogens with zero attached hydrogens (tertiary/aromatic N) is 3. The first kappa shape index (κ1) is 18.1. The lowest BCUT2D eigenvalue weighted by molar-refractivity contribution is 0.0305. The van der Waals surface area contributed by atoms with Crippen LogP contribution >= 0.6 is 0 Å². The van der Waals surface area contributed by atoms with Crippen molar-refractivity contribution in [3.05, 3.63) is 0 Å². The van der Waals surface area contributed by atoms with Gasteiger partial charge in [-0.15, -0.1) is 0 Å². The van der Waals surface area contributed by atoms with Gasteiger partial charge in [-0.05, 0) is 41.5 Å². The number of hydrogen-bond donors (Lipinski definition) is 0. The molecule has 0 saturated carbocycles. The van der Waals surface area contributed by atoms with Crippen molar-refractivity contribution in [3.8, 4) is 0 Å². The molecule has 0 aromatic heterocycles. The van der Waals surface area contributed by atoms with Crippen molar-refractivity contribution >= 4 is 12.2 Å². The molecule has 0 atom stereocenters. The van der Waals surface area contributed by atoms with Crippen molar-refractivity contribution in [3.63, 3.8) is 0 Å². The molecule has 0 aromatic carbocycles. The highest BCUT2D eigenvalue weighted by molar-refractivity contribution is 5.90. The molecule has 19 heavy (non-hydrogen) atoms. The van der Waals surface area contributed by atoms with Crippen LogP contribution in [0.5, 0.6) is 0 Å². The van der Waals surface area contributed by atoms with Crippen molar-refractivity contribution in [1.82, 2.24) is 4.90 Å². The molecular weight excluding hydrogens is 238 g/mol. The average molecular weight is 269 g/mol. The van der Waals surface area contributed by atoms with E-state index >= 15 is 0 Å². The molecule has 4 heteroatoms. The fraction of sp³-hybridized carbons (Fsp3) is 0.867. The maximum absolute atomic E-state index is 5.35. The Labute approximate surface area is 119 Å². The van der Waals surface area contributed by atoms with Crippen molar-refractivity contribution in [2.24, 2.45) is 15.9 Å². The van der Waals surface area contributed by atoms with Crippen molar-refractivity contribution in [2.75, 3.05) is 7.11 Å². The Morgan fingerprint density at radius 2 is 1.53 bits per heavy atom. The normalized spacial score (nSPS) is 14.2. The molecule has 0 radical (unpaired) electrons. The molecule has 0 fully saturated rings. The lowest BCUT2D eigenvalue weighted by Crippen LogP contribution is -2.36. The first-order valence-corrected chi connectivity index (χ1v) is 7.07. The molecule has 0 aliphatic rings. The van der Waals surface area contributed by atoms with Gasteiger partial charge in [0.1, 0.15) is 5.84 Å². The van der Waals surface area contributed by atoms with Gasteiger partial charge in [-0.3, -0.25) is 0 Å². The summed E-state index contributed by atoms with van der Waals surface area (Å²) in [5.41, 5.74) is -0.530. The largest absolute Gasteiger partial charge is 0.358 e. The highest BCUT2D eigenvalue weighted by Gasteiger charge is 2.17. The number of ether oxygens (including phenoxy) is 1. The molecule has 0 unspecified atom stereocenters. The molecule has 112 valence electrons. The second kappa shape index (κ2) is 7.63. The van der Waals surface area contributed by atoms with Gasteiger partial charge in [-0.25, -0.2) is 9.98 Å². The first-order valence-electron chi connectivity index (χ1n) is 7.07. The van der Waals surface area contributed by atoms with Crippen molar-refractivity contribution in [2.45, 2.75) is 73.2 Å². The summed E-state index contributed by atoms with van der Waals surface area (Å²) in [7, 11) is 1.67. The van der Waals surface area contributed by atoms with Gasteiger partial charge in [-0.2, -0.15) is 0 Å². The van der Waals surface area contributed by atoms with Crippen LogP contribution in [-0.4, -0.2) is 42.0 Å². The third-order valence-electron chi connectivity index (χ3n) is 2.92. The molecule has 4 nitrogen and oxygen atoms in total. The standard InChI is InChI=1S/C15H31N3O/c1-11(2)14(17-15(7,8)19-9)16-10-18(12(3)4)13(5)6/h10-13H,1-9H3/b16-10?,17-14+. The Kier molecular flexibility index (Phi) is 7.27. The lowest BCUT2D eigenvalue weighted by atomic mass is 10.2. The van der Waals surface area contributed by atoms with Crippen molar-refractivity contribution < 1.29 is 4.74 Å². The lowest BCUT2D eigenvalue weighted by Gasteiger charge is -2.28. The molecular formula is C15H31N3O. The fourth-order valence-corrected chi connectivity index (χ4v) is 1.62. The molecule has 0 N–H and O–H groups in total. The maximum Gasteiger partial charge on any atom is 0.155 e. The van der Waals surface area contributed by atoms with Crippen molar-refractivity contribution in [1.29, 1.82) is 0 Å². The molecule has 0 aromatic rings. The van der Waals surface area contributed by atoms with E-state index in [0.717, 1.165) is 5.84 Å². The predicted octanol–water partition coefficient (Wildman–Crippen LogP) is 3.57. The van der Waals surface area contributed by atoms with Crippen LogP contribution in [0.2, 0.25) is 0 Å². The number of methoxy groups -OCH3 is 1. The van der Waals surface area contributed by atoms with Gasteiger partial charge in [0.05, 0.1) is 6.34 Å². The molecule has 0 aliphatic carbocycles. The summed E-state index contributed by atoms with van der Waals surface area (Å²) in [5, 5.41) is 0. The molecule has 0 rings (SSSR count). The van der Waals surface area contributed by atoms with Crippen LogP contribution in [0.4, 0.5) is 0 Å². The highest BCUT2D eigenvalue weighted by Crippen LogP contribution is 2.13. The minimum Gasteiger partial charge on any atom is -0.358 e. The highest BCUT2D eigenvalue weighted by atomic mass is 16.5. The minimum atomic E-state index is -0.530. The van der Waals surface area contributed by atoms with Crippen LogP contribution in [0.3, 0.4) is 0 Å². The predicted molar refractivity (Wildman–Crippen MR) is 84.0 cm³/mol. The van der Waals surface area contributed by atoms with Crippen LogP contribution < -0.4 is 0 Å². The molecule has 0 amide bonds. The van der Waals surface area contributed by atoms with Gasteiger partial charge in [0, 0.05) is 25.1 Å². The average Bonchev–Trinajstić information content (AvgIpc) is 2.26. The number of amidine groups is 1. The summed E-state index contributed by atoms with van der Waals surface area (Å²) in [6.07, 6.45) is 1.90. The smallest absolute Gasteiger partial charge is 0.155 e. The monoisotopic (exact) mass is 269 g/mol. The van der Waals surface area contributed by atoms with E-state index in [-0.39, 0.29) is 5.92 Å². The second-order valence-electron chi connectivity index (χ2n) is 6.15.